The van der Waals surface area contributed by atoms with Gasteiger partial charge in [-0.05, 0) is 6.42 Å². The number of hydrogen-bond donors (Lipinski definition) is 0. The Morgan fingerprint density at radius 2 is 2.27 bits per heavy atom. The van der Waals surface area contributed by atoms with Crippen LogP contribution in [0.3, 0.4) is 0 Å². The van der Waals surface area contributed by atoms with Crippen LogP contribution < -0.4 is 0 Å². The zero-order valence-corrected chi connectivity index (χ0v) is 7.85. The maximum atomic E-state index is 11.1. The number of ether oxygens (including phenoxy) is 2. The van der Waals surface area contributed by atoms with E-state index in [9.17, 15) is 4.79 Å². The molecule has 3 nitrogen and oxygen atoms in total. The van der Waals surface area contributed by atoms with Crippen molar-refractivity contribution in [1.82, 2.24) is 0 Å². The predicted molar refractivity (Wildman–Crippen MR) is 44.5 cm³/mol. The van der Waals surface area contributed by atoms with Gasteiger partial charge in [0, 0.05) is 0 Å². The maximum absolute atomic E-state index is 11.1. The second-order valence-electron chi connectivity index (χ2n) is 3.33. The molecule has 0 aromatic carbocycles. The minimum atomic E-state index is -0.0401. The van der Waals surface area contributed by atoms with Gasteiger partial charge in [0.25, 0.3) is 0 Å². The molecule has 0 unspecified atom stereocenters. The van der Waals surface area contributed by atoms with Crippen molar-refractivity contribution in [3.63, 3.8) is 0 Å². The van der Waals surface area contributed by atoms with Crippen LogP contribution in [0.5, 0.6) is 0 Å². The molecule has 0 spiro atoms. The smallest absolute Gasteiger partial charge is 0.312 e. The molecule has 60 valence electrons. The van der Waals surface area contributed by atoms with Gasteiger partial charge in [0.05, 0.1) is 15.9 Å². The first kappa shape index (κ1) is 6.65. The van der Waals surface area contributed by atoms with E-state index in [1.165, 1.54) is 0 Å². The second kappa shape index (κ2) is 1.90. The van der Waals surface area contributed by atoms with Crippen molar-refractivity contribution < 1.29 is 14.3 Å². The normalized spacial score (nSPS) is 58.6. The third-order valence-corrected chi connectivity index (χ3v) is 4.27. The van der Waals surface area contributed by atoms with Crippen LogP contribution in [0.15, 0.2) is 0 Å². The summed E-state index contributed by atoms with van der Waals surface area (Å²) in [6.45, 7) is 0. The van der Waals surface area contributed by atoms with E-state index >= 15 is 0 Å². The first-order valence-electron chi connectivity index (χ1n) is 3.77. The molecule has 0 aromatic rings. The largest absolute Gasteiger partial charge is 0.458 e. The highest BCUT2D eigenvalue weighted by Crippen LogP contribution is 2.48. The minimum absolute atomic E-state index is 0.0401. The molecule has 11 heavy (non-hydrogen) atoms. The molecule has 4 heteroatoms. The van der Waals surface area contributed by atoms with Crippen molar-refractivity contribution in [2.24, 2.45) is 5.92 Å². The first-order valence-corrected chi connectivity index (χ1v) is 5.02. The summed E-state index contributed by atoms with van der Waals surface area (Å²) < 4.78 is 11.2. The fraction of sp³-hybridized carbons (Fsp3) is 0.857. The summed E-state index contributed by atoms with van der Waals surface area (Å²) in [4.78, 5) is 11.1. The SMILES string of the molecule is O=C1O[C@@H]2[C@H](I)[C@H]3C[C@H]1[C@H]2O3. The van der Waals surface area contributed by atoms with Gasteiger partial charge in [-0.2, -0.15) is 0 Å². The molecule has 0 amide bonds. The molecule has 3 aliphatic rings. The summed E-state index contributed by atoms with van der Waals surface area (Å²) in [5, 5.41) is 0. The zero-order chi connectivity index (χ0) is 7.59. The quantitative estimate of drug-likeness (QED) is 0.364. The lowest BCUT2D eigenvalue weighted by atomic mass is 9.90. The fourth-order valence-corrected chi connectivity index (χ4v) is 3.24. The molecule has 3 heterocycles. The Bertz CT molecular complexity index is 230. The average molecular weight is 266 g/mol. The molecule has 3 fully saturated rings. The van der Waals surface area contributed by atoms with E-state index in [0.29, 0.717) is 3.92 Å². The molecule has 0 saturated carbocycles. The standard InChI is InChI=1S/C7H7IO3/c8-4-3-1-2-5(10-3)6(4)11-7(2)9/h2-6H,1H2/t2-,3+,4+,5+,6+/m0/s1. The minimum Gasteiger partial charge on any atom is -0.458 e. The summed E-state index contributed by atoms with van der Waals surface area (Å²) in [7, 11) is 0. The van der Waals surface area contributed by atoms with Crippen LogP contribution in [-0.4, -0.2) is 28.2 Å². The van der Waals surface area contributed by atoms with Gasteiger partial charge in [-0.15, -0.1) is 0 Å². The molecule has 0 aliphatic carbocycles. The van der Waals surface area contributed by atoms with E-state index in [1.54, 1.807) is 0 Å². The molecule has 2 bridgehead atoms. The van der Waals surface area contributed by atoms with Crippen molar-refractivity contribution in [1.29, 1.82) is 0 Å². The third-order valence-electron chi connectivity index (χ3n) is 2.76. The number of rotatable bonds is 0. The van der Waals surface area contributed by atoms with E-state index in [2.05, 4.69) is 22.6 Å². The highest BCUT2D eigenvalue weighted by molar-refractivity contribution is 14.1. The first-order chi connectivity index (χ1) is 5.27. The number of carbonyl (C=O) groups is 1. The Kier molecular flexibility index (Phi) is 1.15. The molecule has 0 N–H and O–H groups in total. The van der Waals surface area contributed by atoms with Crippen molar-refractivity contribution in [2.75, 3.05) is 0 Å². The second-order valence-corrected chi connectivity index (χ2v) is 4.77. The van der Waals surface area contributed by atoms with Gasteiger partial charge >= 0.3 is 5.97 Å². The summed E-state index contributed by atoms with van der Waals surface area (Å²) in [6, 6.07) is 0. The van der Waals surface area contributed by atoms with Gasteiger partial charge in [0.15, 0.2) is 0 Å². The van der Waals surface area contributed by atoms with Gasteiger partial charge < -0.3 is 9.47 Å². The molecule has 3 rings (SSSR count). The Hall–Kier alpha value is 0.160. The molecule has 5 atom stereocenters. The lowest BCUT2D eigenvalue weighted by Crippen LogP contribution is -2.31. The molecule has 3 saturated heterocycles. The van der Waals surface area contributed by atoms with E-state index in [-0.39, 0.29) is 30.2 Å². The molecular weight excluding hydrogens is 259 g/mol. The third kappa shape index (κ3) is 0.654. The number of alkyl halides is 1. The van der Waals surface area contributed by atoms with Gasteiger partial charge in [-0.1, -0.05) is 22.6 Å². The average Bonchev–Trinajstić information content (AvgIpc) is 2.53. The van der Waals surface area contributed by atoms with Crippen molar-refractivity contribution in [3.05, 3.63) is 0 Å². The zero-order valence-electron chi connectivity index (χ0n) is 5.70. The van der Waals surface area contributed by atoms with E-state index < -0.39 is 0 Å². The number of hydrogen-bond acceptors (Lipinski definition) is 3. The lowest BCUT2D eigenvalue weighted by molar-refractivity contribution is -0.143. The topological polar surface area (TPSA) is 35.5 Å². The molecule has 0 radical (unpaired) electrons. The summed E-state index contributed by atoms with van der Waals surface area (Å²) in [5.74, 6) is 0.0256. The van der Waals surface area contributed by atoms with Crippen LogP contribution in [-0.2, 0) is 14.3 Å². The number of carbonyl (C=O) groups excluding carboxylic acids is 1. The Morgan fingerprint density at radius 3 is 2.91 bits per heavy atom. The monoisotopic (exact) mass is 266 g/mol. The van der Waals surface area contributed by atoms with Crippen LogP contribution >= 0.6 is 22.6 Å². The summed E-state index contributed by atoms with van der Waals surface area (Å²) in [5.41, 5.74) is 0. The Balaban J connectivity index is 2.04. The number of esters is 1. The van der Waals surface area contributed by atoms with E-state index in [1.807, 2.05) is 0 Å². The lowest BCUT2D eigenvalue weighted by Gasteiger charge is -2.14. The maximum Gasteiger partial charge on any atom is 0.312 e. The van der Waals surface area contributed by atoms with Crippen LogP contribution in [0.25, 0.3) is 0 Å². The Morgan fingerprint density at radius 1 is 1.45 bits per heavy atom. The molecule has 3 aliphatic heterocycles. The number of fused-ring (bicyclic) bond motifs is 1. The van der Waals surface area contributed by atoms with E-state index in [4.69, 9.17) is 9.47 Å². The van der Waals surface area contributed by atoms with Gasteiger partial charge in [-0.3, -0.25) is 4.79 Å². The fourth-order valence-electron chi connectivity index (χ4n) is 2.22. The molecular formula is C7H7IO3. The van der Waals surface area contributed by atoms with Crippen LogP contribution in [0, 0.1) is 5.92 Å². The van der Waals surface area contributed by atoms with Crippen LogP contribution in [0.2, 0.25) is 0 Å². The van der Waals surface area contributed by atoms with Crippen molar-refractivity contribution in [2.45, 2.75) is 28.7 Å². The summed E-state index contributed by atoms with van der Waals surface area (Å²) >= 11 is 2.32. The Labute approximate surface area is 77.6 Å². The highest BCUT2D eigenvalue weighted by Gasteiger charge is 2.62. The van der Waals surface area contributed by atoms with Crippen molar-refractivity contribution >= 4 is 28.6 Å². The van der Waals surface area contributed by atoms with Gasteiger partial charge in [0.2, 0.25) is 0 Å². The van der Waals surface area contributed by atoms with Crippen LogP contribution in [0.1, 0.15) is 6.42 Å². The van der Waals surface area contributed by atoms with Gasteiger partial charge in [0.1, 0.15) is 12.2 Å². The summed E-state index contributed by atoms with van der Waals surface area (Å²) in [6.07, 6.45) is 1.32. The van der Waals surface area contributed by atoms with Crippen LogP contribution in [0.4, 0.5) is 0 Å². The highest BCUT2D eigenvalue weighted by atomic mass is 127. The predicted octanol–water partition coefficient (Wildman–Crippen LogP) is 0.503. The van der Waals surface area contributed by atoms with E-state index in [0.717, 1.165) is 6.42 Å². The molecule has 0 aromatic heterocycles. The van der Waals surface area contributed by atoms with Crippen molar-refractivity contribution in [3.8, 4) is 0 Å². The van der Waals surface area contributed by atoms with Gasteiger partial charge in [-0.25, -0.2) is 0 Å². The number of halogens is 1.